The molecule has 1 fully saturated rings. The van der Waals surface area contributed by atoms with Gasteiger partial charge in [-0.05, 0) is 37.5 Å². The van der Waals surface area contributed by atoms with Crippen LogP contribution in [-0.2, 0) is 4.79 Å². The number of carbonyl (C=O) groups is 1. The molecular weight excluding hydrogens is 278 g/mol. The van der Waals surface area contributed by atoms with Crippen LogP contribution in [0.25, 0.3) is 0 Å². The van der Waals surface area contributed by atoms with Gasteiger partial charge in [0.2, 0.25) is 0 Å². The lowest BCUT2D eigenvalue weighted by Gasteiger charge is -2.27. The van der Waals surface area contributed by atoms with Gasteiger partial charge in [0, 0.05) is 17.6 Å². The van der Waals surface area contributed by atoms with Gasteiger partial charge >= 0.3 is 5.97 Å². The fourth-order valence-corrected chi connectivity index (χ4v) is 2.77. The molecule has 0 aromatic heterocycles. The summed E-state index contributed by atoms with van der Waals surface area (Å²) in [6.07, 6.45) is 3.53. The van der Waals surface area contributed by atoms with Gasteiger partial charge in [0.25, 0.3) is 0 Å². The van der Waals surface area contributed by atoms with E-state index >= 15 is 0 Å². The fraction of sp³-hybridized carbons (Fsp3) is 0.533. The first kappa shape index (κ1) is 15.1. The lowest BCUT2D eigenvalue weighted by Crippen LogP contribution is -2.38. The van der Waals surface area contributed by atoms with E-state index in [1.807, 2.05) is 12.1 Å². The third-order valence-corrected chi connectivity index (χ3v) is 3.86. The highest BCUT2D eigenvalue weighted by Crippen LogP contribution is 2.24. The minimum Gasteiger partial charge on any atom is -0.492 e. The molecule has 0 aliphatic heterocycles. The van der Waals surface area contributed by atoms with Crippen molar-refractivity contribution in [1.82, 2.24) is 5.32 Å². The van der Waals surface area contributed by atoms with E-state index in [1.54, 1.807) is 12.1 Å². The van der Waals surface area contributed by atoms with E-state index < -0.39 is 5.97 Å². The minimum atomic E-state index is -0.674. The van der Waals surface area contributed by atoms with E-state index in [0.717, 1.165) is 25.0 Å². The maximum Gasteiger partial charge on any atom is 0.306 e. The lowest BCUT2D eigenvalue weighted by molar-refractivity contribution is -0.143. The standard InChI is InChI=1S/C15H20ClNO3/c16-12-4-2-6-14(10-12)20-8-7-17-13-5-1-3-11(9-13)15(18)19/h2,4,6,10-11,13,17H,1,3,5,7-9H2,(H,18,19). The van der Waals surface area contributed by atoms with E-state index in [-0.39, 0.29) is 12.0 Å². The number of rotatable bonds is 6. The Morgan fingerprint density at radius 3 is 3.05 bits per heavy atom. The predicted molar refractivity (Wildman–Crippen MR) is 78.3 cm³/mol. The lowest BCUT2D eigenvalue weighted by atomic mass is 9.86. The molecule has 4 nitrogen and oxygen atoms in total. The van der Waals surface area contributed by atoms with E-state index in [0.29, 0.717) is 24.6 Å². The highest BCUT2D eigenvalue weighted by Gasteiger charge is 2.26. The summed E-state index contributed by atoms with van der Waals surface area (Å²) in [5.41, 5.74) is 0. The Balaban J connectivity index is 1.67. The van der Waals surface area contributed by atoms with Crippen molar-refractivity contribution in [3.05, 3.63) is 29.3 Å². The van der Waals surface area contributed by atoms with Crippen LogP contribution in [0, 0.1) is 5.92 Å². The minimum absolute atomic E-state index is 0.199. The van der Waals surface area contributed by atoms with Crippen LogP contribution in [0.2, 0.25) is 5.02 Å². The summed E-state index contributed by atoms with van der Waals surface area (Å²) >= 11 is 5.87. The number of benzene rings is 1. The van der Waals surface area contributed by atoms with Crippen molar-refractivity contribution in [3.63, 3.8) is 0 Å². The Hall–Kier alpha value is -1.26. The van der Waals surface area contributed by atoms with E-state index in [2.05, 4.69) is 5.32 Å². The summed E-state index contributed by atoms with van der Waals surface area (Å²) in [6.45, 7) is 1.26. The second-order valence-electron chi connectivity index (χ2n) is 5.16. The maximum absolute atomic E-state index is 11.0. The molecule has 110 valence electrons. The molecule has 0 saturated heterocycles. The summed E-state index contributed by atoms with van der Waals surface area (Å²) in [6, 6.07) is 7.59. The number of carboxylic acids is 1. The van der Waals surface area contributed by atoms with Crippen molar-refractivity contribution in [1.29, 1.82) is 0 Å². The quantitative estimate of drug-likeness (QED) is 0.793. The van der Waals surface area contributed by atoms with Crippen molar-refractivity contribution < 1.29 is 14.6 Å². The highest BCUT2D eigenvalue weighted by atomic mass is 35.5. The summed E-state index contributed by atoms with van der Waals surface area (Å²) in [7, 11) is 0. The van der Waals surface area contributed by atoms with E-state index in [1.165, 1.54) is 0 Å². The van der Waals surface area contributed by atoms with Crippen LogP contribution in [0.3, 0.4) is 0 Å². The van der Waals surface area contributed by atoms with Crippen LogP contribution < -0.4 is 10.1 Å². The summed E-state index contributed by atoms with van der Waals surface area (Å²) in [5, 5.41) is 13.1. The summed E-state index contributed by atoms with van der Waals surface area (Å²) in [5.74, 6) is -0.117. The van der Waals surface area contributed by atoms with Gasteiger partial charge in [-0.25, -0.2) is 0 Å². The van der Waals surface area contributed by atoms with Crippen molar-refractivity contribution in [2.75, 3.05) is 13.2 Å². The number of carboxylic acid groups (broad SMARTS) is 1. The van der Waals surface area contributed by atoms with Crippen LogP contribution in [0.15, 0.2) is 24.3 Å². The molecule has 1 aliphatic carbocycles. The molecule has 2 unspecified atom stereocenters. The van der Waals surface area contributed by atoms with E-state index in [4.69, 9.17) is 21.4 Å². The number of hydrogen-bond acceptors (Lipinski definition) is 3. The van der Waals surface area contributed by atoms with Gasteiger partial charge in [-0.15, -0.1) is 0 Å². The molecule has 2 N–H and O–H groups in total. The monoisotopic (exact) mass is 297 g/mol. The Labute approximate surface area is 124 Å². The Bertz CT molecular complexity index is 452. The van der Waals surface area contributed by atoms with Crippen LogP contribution in [-0.4, -0.2) is 30.3 Å². The number of hydrogen-bond donors (Lipinski definition) is 2. The van der Waals surface area contributed by atoms with Gasteiger partial charge in [-0.2, -0.15) is 0 Å². The molecule has 1 aliphatic rings. The first-order valence-corrected chi connectivity index (χ1v) is 7.37. The molecule has 1 aromatic carbocycles. The average Bonchev–Trinajstić information content (AvgIpc) is 2.44. The molecular formula is C15H20ClNO3. The molecule has 1 saturated carbocycles. The Morgan fingerprint density at radius 1 is 1.45 bits per heavy atom. The number of ether oxygens (including phenoxy) is 1. The second kappa shape index (κ2) is 7.50. The highest BCUT2D eigenvalue weighted by molar-refractivity contribution is 6.30. The topological polar surface area (TPSA) is 58.6 Å². The van der Waals surface area contributed by atoms with Crippen LogP contribution >= 0.6 is 11.6 Å². The van der Waals surface area contributed by atoms with Crippen molar-refractivity contribution in [2.24, 2.45) is 5.92 Å². The van der Waals surface area contributed by atoms with Crippen LogP contribution in [0.4, 0.5) is 0 Å². The third kappa shape index (κ3) is 4.69. The van der Waals surface area contributed by atoms with Crippen LogP contribution in [0.1, 0.15) is 25.7 Å². The first-order chi connectivity index (χ1) is 9.65. The van der Waals surface area contributed by atoms with E-state index in [9.17, 15) is 4.79 Å². The molecule has 0 amide bonds. The van der Waals surface area contributed by atoms with Gasteiger partial charge in [0.1, 0.15) is 12.4 Å². The Morgan fingerprint density at radius 2 is 2.30 bits per heavy atom. The third-order valence-electron chi connectivity index (χ3n) is 3.62. The first-order valence-electron chi connectivity index (χ1n) is 6.99. The molecule has 2 atom stereocenters. The zero-order valence-electron chi connectivity index (χ0n) is 11.3. The normalized spacial score (nSPS) is 22.4. The number of nitrogens with one attached hydrogen (secondary N) is 1. The van der Waals surface area contributed by atoms with Gasteiger partial charge in [0.05, 0.1) is 5.92 Å². The Kier molecular flexibility index (Phi) is 5.68. The van der Waals surface area contributed by atoms with Gasteiger partial charge in [0.15, 0.2) is 0 Å². The molecule has 0 spiro atoms. The van der Waals surface area contributed by atoms with Crippen molar-refractivity contribution in [3.8, 4) is 5.75 Å². The maximum atomic E-state index is 11.0. The second-order valence-corrected chi connectivity index (χ2v) is 5.60. The molecule has 0 bridgehead atoms. The summed E-state index contributed by atoms with van der Waals surface area (Å²) in [4.78, 5) is 11.0. The van der Waals surface area contributed by atoms with Gasteiger partial charge in [-0.1, -0.05) is 24.1 Å². The SMILES string of the molecule is O=C(O)C1CCCC(NCCOc2cccc(Cl)c2)C1. The molecule has 1 aromatic rings. The summed E-state index contributed by atoms with van der Waals surface area (Å²) < 4.78 is 5.59. The number of halogens is 1. The van der Waals surface area contributed by atoms with Gasteiger partial charge in [-0.3, -0.25) is 4.79 Å². The fourth-order valence-electron chi connectivity index (χ4n) is 2.59. The average molecular weight is 298 g/mol. The zero-order valence-corrected chi connectivity index (χ0v) is 12.1. The molecule has 20 heavy (non-hydrogen) atoms. The molecule has 2 rings (SSSR count). The number of aliphatic carboxylic acids is 1. The smallest absolute Gasteiger partial charge is 0.306 e. The zero-order chi connectivity index (χ0) is 14.4. The van der Waals surface area contributed by atoms with Crippen molar-refractivity contribution in [2.45, 2.75) is 31.7 Å². The van der Waals surface area contributed by atoms with Crippen LogP contribution in [0.5, 0.6) is 5.75 Å². The largest absolute Gasteiger partial charge is 0.492 e. The predicted octanol–water partition coefficient (Wildman–Crippen LogP) is 2.95. The van der Waals surface area contributed by atoms with Gasteiger partial charge < -0.3 is 15.2 Å². The van der Waals surface area contributed by atoms with Crippen molar-refractivity contribution >= 4 is 17.6 Å². The molecule has 0 heterocycles. The molecule has 0 radical (unpaired) electrons. The molecule has 5 heteroatoms.